The summed E-state index contributed by atoms with van der Waals surface area (Å²) in [5.74, 6) is -1.31. The van der Waals surface area contributed by atoms with Gasteiger partial charge in [-0.15, -0.1) is 5.10 Å². The molecule has 0 aromatic carbocycles. The maximum Gasteiger partial charge on any atom is 0.453 e. The first kappa shape index (κ1) is 17.3. The fraction of sp³-hybridized carbons (Fsp3) is 0.750. The SMILES string of the molecule is CCCC(NC(=O)OC(C)(C)C)c1nc(C(F)(F)F)n[nH]1. The number of rotatable bonds is 4. The zero-order chi connectivity index (χ0) is 16.3. The van der Waals surface area contributed by atoms with Crippen LogP contribution < -0.4 is 5.32 Å². The van der Waals surface area contributed by atoms with Crippen LogP contribution in [0.15, 0.2) is 0 Å². The van der Waals surface area contributed by atoms with Crippen LogP contribution in [0.25, 0.3) is 0 Å². The van der Waals surface area contributed by atoms with Crippen LogP contribution in [0.1, 0.15) is 58.2 Å². The maximum absolute atomic E-state index is 12.5. The predicted molar refractivity (Wildman–Crippen MR) is 68.4 cm³/mol. The molecule has 0 bridgehead atoms. The second-order valence-corrected chi connectivity index (χ2v) is 5.53. The van der Waals surface area contributed by atoms with Crippen LogP contribution in [-0.4, -0.2) is 26.9 Å². The normalized spacial score (nSPS) is 13.9. The quantitative estimate of drug-likeness (QED) is 0.895. The van der Waals surface area contributed by atoms with Gasteiger partial charge in [-0.2, -0.15) is 13.2 Å². The van der Waals surface area contributed by atoms with E-state index < -0.39 is 29.7 Å². The van der Waals surface area contributed by atoms with Gasteiger partial charge in [0.15, 0.2) is 0 Å². The Kier molecular flexibility index (Phi) is 5.19. The summed E-state index contributed by atoms with van der Waals surface area (Å²) in [6.45, 7) is 6.91. The van der Waals surface area contributed by atoms with Crippen LogP contribution in [0.5, 0.6) is 0 Å². The maximum atomic E-state index is 12.5. The summed E-state index contributed by atoms with van der Waals surface area (Å²) in [6, 6.07) is -0.714. The number of carbonyl (C=O) groups is 1. The highest BCUT2D eigenvalue weighted by Crippen LogP contribution is 2.27. The van der Waals surface area contributed by atoms with Crippen LogP contribution in [0.3, 0.4) is 0 Å². The summed E-state index contributed by atoms with van der Waals surface area (Å²) in [5.41, 5.74) is -0.695. The predicted octanol–water partition coefficient (Wildman–Crippen LogP) is 3.19. The number of aromatic nitrogens is 3. The van der Waals surface area contributed by atoms with Crippen LogP contribution in [-0.2, 0) is 10.9 Å². The van der Waals surface area contributed by atoms with E-state index in [4.69, 9.17) is 4.74 Å². The van der Waals surface area contributed by atoms with E-state index in [1.165, 1.54) is 0 Å². The third kappa shape index (κ3) is 5.60. The van der Waals surface area contributed by atoms with Gasteiger partial charge in [-0.3, -0.25) is 5.10 Å². The standard InChI is InChI=1S/C12H19F3N4O2/c1-5-6-7(16-10(20)21-11(2,3)4)8-17-9(19-18-8)12(13,14)15/h7H,5-6H2,1-4H3,(H,16,20)(H,17,18,19). The Hall–Kier alpha value is -1.80. The molecule has 1 unspecified atom stereocenters. The smallest absolute Gasteiger partial charge is 0.444 e. The first-order valence-corrected chi connectivity index (χ1v) is 6.52. The van der Waals surface area contributed by atoms with E-state index >= 15 is 0 Å². The number of ether oxygens (including phenoxy) is 1. The van der Waals surface area contributed by atoms with Crippen LogP contribution in [0, 0.1) is 0 Å². The van der Waals surface area contributed by atoms with Gasteiger partial charge in [0.25, 0.3) is 5.82 Å². The molecule has 1 aromatic heterocycles. The van der Waals surface area contributed by atoms with Crippen molar-refractivity contribution < 1.29 is 22.7 Å². The average Bonchev–Trinajstić information content (AvgIpc) is 2.74. The van der Waals surface area contributed by atoms with Gasteiger partial charge >= 0.3 is 12.3 Å². The fourth-order valence-electron chi connectivity index (χ4n) is 1.57. The number of carbonyl (C=O) groups excluding carboxylic acids is 1. The van der Waals surface area contributed by atoms with E-state index in [9.17, 15) is 18.0 Å². The summed E-state index contributed by atoms with van der Waals surface area (Å²) < 4.78 is 42.5. The third-order valence-corrected chi connectivity index (χ3v) is 2.35. The molecule has 1 aromatic rings. The minimum atomic E-state index is -4.63. The number of H-pyrrole nitrogens is 1. The number of amides is 1. The second-order valence-electron chi connectivity index (χ2n) is 5.53. The molecule has 1 amide bonds. The van der Waals surface area contributed by atoms with Gasteiger partial charge < -0.3 is 10.1 Å². The van der Waals surface area contributed by atoms with E-state index in [1.807, 2.05) is 6.92 Å². The molecular formula is C12H19F3N4O2. The topological polar surface area (TPSA) is 79.9 Å². The molecule has 1 atom stereocenters. The zero-order valence-electron chi connectivity index (χ0n) is 12.3. The lowest BCUT2D eigenvalue weighted by Crippen LogP contribution is -2.35. The molecule has 21 heavy (non-hydrogen) atoms. The summed E-state index contributed by atoms with van der Waals surface area (Å²) in [6.07, 6.45) is -4.29. The number of alkyl carbamates (subject to hydrolysis) is 1. The molecule has 0 radical (unpaired) electrons. The van der Waals surface area contributed by atoms with E-state index in [-0.39, 0.29) is 5.82 Å². The Balaban J connectivity index is 2.82. The molecule has 0 fully saturated rings. The Morgan fingerprint density at radius 1 is 1.38 bits per heavy atom. The molecule has 120 valence electrons. The van der Waals surface area contributed by atoms with Gasteiger partial charge in [-0.05, 0) is 27.2 Å². The Labute approximate surface area is 120 Å². The van der Waals surface area contributed by atoms with Crippen molar-refractivity contribution in [3.05, 3.63) is 11.6 Å². The molecule has 0 aliphatic rings. The Morgan fingerprint density at radius 2 is 2.00 bits per heavy atom. The fourth-order valence-corrected chi connectivity index (χ4v) is 1.57. The molecule has 0 saturated carbocycles. The van der Waals surface area contributed by atoms with Crippen molar-refractivity contribution in [3.63, 3.8) is 0 Å². The van der Waals surface area contributed by atoms with Crippen LogP contribution in [0.2, 0.25) is 0 Å². The largest absolute Gasteiger partial charge is 0.453 e. The van der Waals surface area contributed by atoms with Gasteiger partial charge in [0.05, 0.1) is 6.04 Å². The van der Waals surface area contributed by atoms with Gasteiger partial charge in [0.1, 0.15) is 11.4 Å². The first-order chi connectivity index (χ1) is 9.53. The molecule has 0 saturated heterocycles. The van der Waals surface area contributed by atoms with Crippen molar-refractivity contribution >= 4 is 6.09 Å². The van der Waals surface area contributed by atoms with Crippen molar-refractivity contribution in [2.45, 2.75) is 58.4 Å². The lowest BCUT2D eigenvalue weighted by molar-refractivity contribution is -0.144. The molecule has 9 heteroatoms. The molecular weight excluding hydrogens is 289 g/mol. The highest BCUT2D eigenvalue weighted by Gasteiger charge is 2.37. The van der Waals surface area contributed by atoms with Gasteiger partial charge in [0.2, 0.25) is 0 Å². The summed E-state index contributed by atoms with van der Waals surface area (Å²) >= 11 is 0. The van der Waals surface area contributed by atoms with Gasteiger partial charge in [-0.1, -0.05) is 13.3 Å². The number of halogens is 3. The van der Waals surface area contributed by atoms with Crippen molar-refractivity contribution in [2.24, 2.45) is 0 Å². The molecule has 0 spiro atoms. The van der Waals surface area contributed by atoms with E-state index in [1.54, 1.807) is 20.8 Å². The number of alkyl halides is 3. The van der Waals surface area contributed by atoms with E-state index in [2.05, 4.69) is 20.5 Å². The van der Waals surface area contributed by atoms with Gasteiger partial charge in [-0.25, -0.2) is 9.78 Å². The number of hydrogen-bond acceptors (Lipinski definition) is 4. The van der Waals surface area contributed by atoms with Crippen LogP contribution >= 0.6 is 0 Å². The first-order valence-electron chi connectivity index (χ1n) is 6.52. The van der Waals surface area contributed by atoms with E-state index in [0.717, 1.165) is 0 Å². The number of nitrogens with zero attached hydrogens (tertiary/aromatic N) is 2. The van der Waals surface area contributed by atoms with Crippen molar-refractivity contribution in [1.82, 2.24) is 20.5 Å². The molecule has 6 nitrogen and oxygen atoms in total. The van der Waals surface area contributed by atoms with Gasteiger partial charge in [0, 0.05) is 0 Å². The number of hydrogen-bond donors (Lipinski definition) is 2. The zero-order valence-corrected chi connectivity index (χ0v) is 12.3. The molecule has 1 heterocycles. The number of nitrogens with one attached hydrogen (secondary N) is 2. The summed E-state index contributed by atoms with van der Waals surface area (Å²) in [7, 11) is 0. The van der Waals surface area contributed by atoms with Crippen molar-refractivity contribution in [1.29, 1.82) is 0 Å². The number of aromatic amines is 1. The Bertz CT molecular complexity index is 480. The molecule has 0 aliphatic heterocycles. The van der Waals surface area contributed by atoms with Crippen molar-refractivity contribution in [3.8, 4) is 0 Å². The third-order valence-electron chi connectivity index (χ3n) is 2.35. The summed E-state index contributed by atoms with van der Waals surface area (Å²) in [5, 5.41) is 7.83. The lowest BCUT2D eigenvalue weighted by atomic mass is 10.1. The highest BCUT2D eigenvalue weighted by atomic mass is 19.4. The lowest BCUT2D eigenvalue weighted by Gasteiger charge is -2.22. The second kappa shape index (κ2) is 6.31. The van der Waals surface area contributed by atoms with Crippen molar-refractivity contribution in [2.75, 3.05) is 0 Å². The highest BCUT2D eigenvalue weighted by molar-refractivity contribution is 5.68. The summed E-state index contributed by atoms with van der Waals surface area (Å²) in [4.78, 5) is 15.1. The van der Waals surface area contributed by atoms with Crippen LogP contribution in [0.4, 0.5) is 18.0 Å². The molecule has 2 N–H and O–H groups in total. The monoisotopic (exact) mass is 308 g/mol. The minimum absolute atomic E-state index is 0.0463. The average molecular weight is 308 g/mol. The minimum Gasteiger partial charge on any atom is -0.444 e. The molecule has 0 aliphatic carbocycles. The van der Waals surface area contributed by atoms with E-state index in [0.29, 0.717) is 12.8 Å². The Morgan fingerprint density at radius 3 is 2.43 bits per heavy atom. The molecule has 1 rings (SSSR count).